The monoisotopic (exact) mass is 213 g/mol. The average Bonchev–Trinajstić information content (AvgIpc) is 2.11. The van der Waals surface area contributed by atoms with Gasteiger partial charge in [-0.2, -0.15) is 0 Å². The van der Waals surface area contributed by atoms with Crippen LogP contribution >= 0.6 is 0 Å². The molecular formula is C11H15F2Si. The zero-order valence-corrected chi connectivity index (χ0v) is 9.77. The first kappa shape index (κ1) is 11.4. The maximum Gasteiger partial charge on any atom is 0.484 e. The Balaban J connectivity index is 3.08. The Hall–Kier alpha value is -0.703. The van der Waals surface area contributed by atoms with E-state index in [2.05, 4.69) is 0 Å². The molecule has 1 aromatic rings. The van der Waals surface area contributed by atoms with E-state index in [1.165, 1.54) is 0 Å². The van der Waals surface area contributed by atoms with Crippen LogP contribution in [0.1, 0.15) is 35.6 Å². The molecule has 1 rings (SSSR count). The molecule has 0 saturated carbocycles. The van der Waals surface area contributed by atoms with Gasteiger partial charge in [0.15, 0.2) is 0 Å². The minimum atomic E-state index is -3.21. The van der Waals surface area contributed by atoms with Crippen LogP contribution in [-0.4, -0.2) is 9.46 Å². The van der Waals surface area contributed by atoms with Crippen LogP contribution in [0.2, 0.25) is 0 Å². The highest BCUT2D eigenvalue weighted by molar-refractivity contribution is 6.44. The quantitative estimate of drug-likeness (QED) is 0.529. The predicted octanol–water partition coefficient (Wildman–Crippen LogP) is 3.76. The Bertz CT molecular complexity index is 310. The van der Waals surface area contributed by atoms with Crippen LogP contribution in [0.25, 0.3) is 0 Å². The van der Waals surface area contributed by atoms with Gasteiger partial charge in [-0.1, -0.05) is 30.7 Å². The predicted molar refractivity (Wildman–Crippen MR) is 56.9 cm³/mol. The van der Waals surface area contributed by atoms with Gasteiger partial charge in [-0.3, -0.25) is 8.22 Å². The van der Waals surface area contributed by atoms with Crippen molar-refractivity contribution in [1.82, 2.24) is 0 Å². The molecule has 0 aliphatic rings. The van der Waals surface area contributed by atoms with E-state index >= 15 is 0 Å². The summed E-state index contributed by atoms with van der Waals surface area (Å²) in [6.45, 7) is 5.68. The van der Waals surface area contributed by atoms with Gasteiger partial charge in [0, 0.05) is 5.54 Å². The first-order valence-electron chi connectivity index (χ1n) is 4.81. The van der Waals surface area contributed by atoms with Crippen molar-refractivity contribution in [1.29, 1.82) is 0 Å². The summed E-state index contributed by atoms with van der Waals surface area (Å²) in [5.74, 6) is 0. The second-order valence-electron chi connectivity index (χ2n) is 3.61. The second kappa shape index (κ2) is 4.69. The molecule has 1 unspecified atom stereocenters. The smallest absolute Gasteiger partial charge is 0.267 e. The average molecular weight is 213 g/mol. The molecule has 0 saturated heterocycles. The van der Waals surface area contributed by atoms with E-state index in [-0.39, 0.29) is 0 Å². The van der Waals surface area contributed by atoms with E-state index in [0.717, 1.165) is 16.7 Å². The SMILES string of the molecule is CCC(c1cc(C)ccc1C)[Si](F)F. The molecule has 0 fully saturated rings. The largest absolute Gasteiger partial charge is 0.484 e. The Kier molecular flexibility index (Phi) is 3.81. The summed E-state index contributed by atoms with van der Waals surface area (Å²) in [5.41, 5.74) is 2.37. The molecule has 0 aliphatic carbocycles. The number of hydrogen-bond acceptors (Lipinski definition) is 0. The van der Waals surface area contributed by atoms with Crippen LogP contribution in [0.5, 0.6) is 0 Å². The lowest BCUT2D eigenvalue weighted by atomic mass is 10.0. The van der Waals surface area contributed by atoms with Crippen molar-refractivity contribution in [3.05, 3.63) is 34.9 Å². The number of rotatable bonds is 3. The minimum Gasteiger partial charge on any atom is -0.267 e. The molecule has 0 N–H and O–H groups in total. The van der Waals surface area contributed by atoms with E-state index in [0.29, 0.717) is 6.42 Å². The van der Waals surface area contributed by atoms with Crippen molar-refractivity contribution in [3.8, 4) is 0 Å². The Labute approximate surface area is 85.9 Å². The summed E-state index contributed by atoms with van der Waals surface area (Å²) >= 11 is 0. The third kappa shape index (κ3) is 2.41. The van der Waals surface area contributed by atoms with Crippen molar-refractivity contribution in [3.63, 3.8) is 0 Å². The first-order valence-corrected chi connectivity index (χ1v) is 6.14. The summed E-state index contributed by atoms with van der Waals surface area (Å²) in [5, 5.41) is 0. The summed E-state index contributed by atoms with van der Waals surface area (Å²) in [6.07, 6.45) is 0.533. The van der Waals surface area contributed by atoms with E-state index in [9.17, 15) is 8.22 Å². The van der Waals surface area contributed by atoms with Gasteiger partial charge >= 0.3 is 9.46 Å². The van der Waals surface area contributed by atoms with Crippen LogP contribution in [0.4, 0.5) is 8.22 Å². The van der Waals surface area contributed by atoms with Gasteiger partial charge in [-0.05, 0) is 31.4 Å². The molecule has 0 heterocycles. The molecule has 14 heavy (non-hydrogen) atoms. The highest BCUT2D eigenvalue weighted by Gasteiger charge is 2.27. The number of aryl methyl sites for hydroxylation is 2. The lowest BCUT2D eigenvalue weighted by molar-refractivity contribution is 0.601. The topological polar surface area (TPSA) is 0 Å². The molecule has 3 heteroatoms. The van der Waals surface area contributed by atoms with Crippen molar-refractivity contribution in [2.75, 3.05) is 0 Å². The summed E-state index contributed by atoms with van der Waals surface area (Å²) in [6, 6.07) is 5.79. The molecule has 1 radical (unpaired) electrons. The Morgan fingerprint density at radius 2 is 1.93 bits per heavy atom. The van der Waals surface area contributed by atoms with Crippen molar-refractivity contribution in [2.45, 2.75) is 32.7 Å². The van der Waals surface area contributed by atoms with Crippen LogP contribution < -0.4 is 0 Å². The fourth-order valence-electron chi connectivity index (χ4n) is 1.63. The molecule has 1 atom stereocenters. The fraction of sp³-hybridized carbons (Fsp3) is 0.455. The normalized spacial score (nSPS) is 13.3. The van der Waals surface area contributed by atoms with E-state index in [1.807, 2.05) is 39.0 Å². The molecule has 0 aromatic heterocycles. The van der Waals surface area contributed by atoms with Crippen LogP contribution in [-0.2, 0) is 0 Å². The summed E-state index contributed by atoms with van der Waals surface area (Å²) in [4.78, 5) is 0. The Morgan fingerprint density at radius 1 is 1.29 bits per heavy atom. The number of hydrogen-bond donors (Lipinski definition) is 0. The van der Waals surface area contributed by atoms with Gasteiger partial charge in [-0.15, -0.1) is 0 Å². The van der Waals surface area contributed by atoms with Gasteiger partial charge in [0.2, 0.25) is 0 Å². The molecule has 0 nitrogen and oxygen atoms in total. The zero-order valence-electron chi connectivity index (χ0n) is 8.77. The highest BCUT2D eigenvalue weighted by atomic mass is 28.4. The van der Waals surface area contributed by atoms with Gasteiger partial charge in [-0.25, -0.2) is 0 Å². The number of halogens is 2. The third-order valence-electron chi connectivity index (χ3n) is 2.48. The molecular weight excluding hydrogens is 198 g/mol. The van der Waals surface area contributed by atoms with E-state index < -0.39 is 15.0 Å². The maximum absolute atomic E-state index is 12.8. The Morgan fingerprint density at radius 3 is 2.43 bits per heavy atom. The van der Waals surface area contributed by atoms with Gasteiger partial charge in [0.05, 0.1) is 0 Å². The molecule has 0 aliphatic heterocycles. The molecule has 77 valence electrons. The van der Waals surface area contributed by atoms with E-state index in [4.69, 9.17) is 0 Å². The zero-order chi connectivity index (χ0) is 10.7. The maximum atomic E-state index is 12.8. The van der Waals surface area contributed by atoms with E-state index in [1.54, 1.807) is 0 Å². The van der Waals surface area contributed by atoms with Crippen LogP contribution in [0, 0.1) is 13.8 Å². The van der Waals surface area contributed by atoms with Crippen molar-refractivity contribution < 1.29 is 8.22 Å². The summed E-state index contributed by atoms with van der Waals surface area (Å²) < 4.78 is 25.6. The molecule has 0 amide bonds. The molecule has 0 bridgehead atoms. The van der Waals surface area contributed by atoms with Gasteiger partial charge in [0.1, 0.15) is 0 Å². The van der Waals surface area contributed by atoms with Crippen molar-refractivity contribution >= 4 is 9.46 Å². The lowest BCUT2D eigenvalue weighted by Gasteiger charge is -2.15. The van der Waals surface area contributed by atoms with Crippen molar-refractivity contribution in [2.24, 2.45) is 0 Å². The lowest BCUT2D eigenvalue weighted by Crippen LogP contribution is -2.14. The first-order chi connectivity index (χ1) is 6.56. The minimum absolute atomic E-state index is 0.514. The van der Waals surface area contributed by atoms with Crippen LogP contribution in [0.3, 0.4) is 0 Å². The number of benzene rings is 1. The molecule has 1 aromatic carbocycles. The summed E-state index contributed by atoms with van der Waals surface area (Å²) in [7, 11) is -3.21. The highest BCUT2D eigenvalue weighted by Crippen LogP contribution is 2.27. The fourth-order valence-corrected chi connectivity index (χ4v) is 2.48. The van der Waals surface area contributed by atoms with Crippen LogP contribution in [0.15, 0.2) is 18.2 Å². The van der Waals surface area contributed by atoms with Gasteiger partial charge in [0.25, 0.3) is 0 Å². The van der Waals surface area contributed by atoms with Gasteiger partial charge < -0.3 is 0 Å². The standard InChI is InChI=1S/C11H15F2Si/c1-4-11(14(12)13)10-7-8(2)5-6-9(10)3/h5-7,11H,4H2,1-3H3. The second-order valence-corrected chi connectivity index (χ2v) is 4.89. The molecule has 0 spiro atoms. The third-order valence-corrected chi connectivity index (χ3v) is 3.73.